The second-order valence-electron chi connectivity index (χ2n) is 4.78. The molecule has 0 N–H and O–H groups in total. The van der Waals surface area contributed by atoms with Crippen LogP contribution in [-0.2, 0) is 9.53 Å². The van der Waals surface area contributed by atoms with Gasteiger partial charge in [0.05, 0.1) is 5.57 Å². The van der Waals surface area contributed by atoms with Gasteiger partial charge in [-0.15, -0.1) is 0 Å². The van der Waals surface area contributed by atoms with E-state index < -0.39 is 0 Å². The Morgan fingerprint density at radius 3 is 2.88 bits per heavy atom. The van der Waals surface area contributed by atoms with E-state index in [-0.39, 0.29) is 12.1 Å². The fourth-order valence-electron chi connectivity index (χ4n) is 2.52. The van der Waals surface area contributed by atoms with Crippen LogP contribution in [0.5, 0.6) is 0 Å². The molecule has 0 amide bonds. The zero-order valence-electron chi connectivity index (χ0n) is 10.7. The van der Waals surface area contributed by atoms with Gasteiger partial charge in [0, 0.05) is 5.57 Å². The molecule has 1 unspecified atom stereocenters. The van der Waals surface area contributed by atoms with Crippen molar-refractivity contribution in [2.75, 3.05) is 0 Å². The molecular weight excluding hydrogens is 212 g/mol. The normalized spacial score (nSPS) is 31.3. The van der Waals surface area contributed by atoms with E-state index in [9.17, 15) is 4.79 Å². The molecule has 1 aliphatic carbocycles. The highest BCUT2D eigenvalue weighted by molar-refractivity contribution is 5.96. The van der Waals surface area contributed by atoms with Crippen molar-refractivity contribution in [3.63, 3.8) is 0 Å². The van der Waals surface area contributed by atoms with Crippen LogP contribution in [0.15, 0.2) is 34.9 Å². The standard InChI is InChI=1S/C15H20O2/c1-3-12-13-9-5-4-7-11(2)8-6-10-14(13)17-15(12)16/h3,7,9,14H,4-6,8,10H2,1-2H3/b11-7-,12-3-,13-9?. The van der Waals surface area contributed by atoms with Gasteiger partial charge in [0.1, 0.15) is 6.10 Å². The van der Waals surface area contributed by atoms with Gasteiger partial charge in [-0.25, -0.2) is 4.79 Å². The maximum atomic E-state index is 11.7. The van der Waals surface area contributed by atoms with Crippen LogP contribution in [0.25, 0.3) is 0 Å². The molecule has 2 aliphatic rings. The molecule has 17 heavy (non-hydrogen) atoms. The van der Waals surface area contributed by atoms with Gasteiger partial charge in [-0.1, -0.05) is 23.8 Å². The number of carbonyl (C=O) groups is 1. The monoisotopic (exact) mass is 232 g/mol. The van der Waals surface area contributed by atoms with Gasteiger partial charge in [0.25, 0.3) is 0 Å². The highest BCUT2D eigenvalue weighted by Gasteiger charge is 2.33. The molecule has 1 heterocycles. The lowest BCUT2D eigenvalue weighted by Gasteiger charge is -2.12. The van der Waals surface area contributed by atoms with Crippen molar-refractivity contribution >= 4 is 5.97 Å². The van der Waals surface area contributed by atoms with Crippen molar-refractivity contribution in [2.24, 2.45) is 0 Å². The number of rotatable bonds is 0. The third-order valence-corrected chi connectivity index (χ3v) is 3.48. The molecule has 0 aromatic rings. The van der Waals surface area contributed by atoms with E-state index in [0.717, 1.165) is 43.3 Å². The molecule has 1 atom stereocenters. The summed E-state index contributed by atoms with van der Waals surface area (Å²) in [6, 6.07) is 0. The maximum Gasteiger partial charge on any atom is 0.338 e. The minimum absolute atomic E-state index is 0.000370. The molecule has 0 aromatic carbocycles. The Morgan fingerprint density at radius 2 is 2.12 bits per heavy atom. The lowest BCUT2D eigenvalue weighted by Crippen LogP contribution is -2.09. The number of esters is 1. The Hall–Kier alpha value is -1.31. The van der Waals surface area contributed by atoms with Gasteiger partial charge in [0.2, 0.25) is 0 Å². The first kappa shape index (κ1) is 12.2. The van der Waals surface area contributed by atoms with E-state index in [2.05, 4.69) is 19.1 Å². The summed E-state index contributed by atoms with van der Waals surface area (Å²) in [7, 11) is 0. The second kappa shape index (κ2) is 5.35. The minimum Gasteiger partial charge on any atom is -0.454 e. The Bertz CT molecular complexity index is 399. The largest absolute Gasteiger partial charge is 0.454 e. The van der Waals surface area contributed by atoms with Crippen molar-refractivity contribution in [3.05, 3.63) is 34.9 Å². The molecule has 0 saturated carbocycles. The summed E-state index contributed by atoms with van der Waals surface area (Å²) in [4.78, 5) is 11.7. The van der Waals surface area contributed by atoms with Gasteiger partial charge in [-0.05, 0) is 46.0 Å². The molecule has 2 heteroatoms. The van der Waals surface area contributed by atoms with Crippen LogP contribution in [0.4, 0.5) is 0 Å². The number of allylic oxidation sites excluding steroid dienone is 4. The van der Waals surface area contributed by atoms with Crippen LogP contribution < -0.4 is 0 Å². The SMILES string of the molecule is C/C=C1\C(=O)OC2CCC/C(C)=C\CCC=C12. The van der Waals surface area contributed by atoms with Crippen LogP contribution in [0, 0.1) is 0 Å². The Balaban J connectivity index is 2.21. The predicted octanol–water partition coefficient (Wildman–Crippen LogP) is 3.69. The Morgan fingerprint density at radius 1 is 1.35 bits per heavy atom. The molecule has 0 aromatic heterocycles. The summed E-state index contributed by atoms with van der Waals surface area (Å²) >= 11 is 0. The van der Waals surface area contributed by atoms with Crippen molar-refractivity contribution in [2.45, 2.75) is 52.1 Å². The highest BCUT2D eigenvalue weighted by Crippen LogP contribution is 2.31. The van der Waals surface area contributed by atoms with Crippen molar-refractivity contribution < 1.29 is 9.53 Å². The van der Waals surface area contributed by atoms with Gasteiger partial charge in [-0.3, -0.25) is 0 Å². The quantitative estimate of drug-likeness (QED) is 0.361. The maximum absolute atomic E-state index is 11.7. The molecule has 1 fully saturated rings. The van der Waals surface area contributed by atoms with Crippen LogP contribution in [0.3, 0.4) is 0 Å². The number of hydrogen-bond acceptors (Lipinski definition) is 2. The van der Waals surface area contributed by atoms with Crippen LogP contribution >= 0.6 is 0 Å². The summed E-state index contributed by atoms with van der Waals surface area (Å²) < 4.78 is 5.44. The molecule has 1 aliphatic heterocycles. The number of hydrogen-bond donors (Lipinski definition) is 0. The molecule has 0 bridgehead atoms. The zero-order valence-corrected chi connectivity index (χ0v) is 10.7. The molecular formula is C15H20O2. The Labute approximate surface area is 103 Å². The average molecular weight is 232 g/mol. The number of fused-ring (bicyclic) bond motifs is 1. The first-order chi connectivity index (χ1) is 8.22. The predicted molar refractivity (Wildman–Crippen MR) is 68.6 cm³/mol. The van der Waals surface area contributed by atoms with Gasteiger partial charge in [-0.2, -0.15) is 0 Å². The van der Waals surface area contributed by atoms with Gasteiger partial charge >= 0.3 is 5.97 Å². The minimum atomic E-state index is -0.146. The lowest BCUT2D eigenvalue weighted by molar-refractivity contribution is -0.138. The summed E-state index contributed by atoms with van der Waals surface area (Å²) in [6.07, 6.45) is 11.6. The third-order valence-electron chi connectivity index (χ3n) is 3.48. The third kappa shape index (κ3) is 2.68. The number of carbonyl (C=O) groups excluding carboxylic acids is 1. The topological polar surface area (TPSA) is 26.3 Å². The van der Waals surface area contributed by atoms with Crippen molar-refractivity contribution in [1.82, 2.24) is 0 Å². The summed E-state index contributed by atoms with van der Waals surface area (Å²) in [5.41, 5.74) is 3.35. The van der Waals surface area contributed by atoms with E-state index in [4.69, 9.17) is 4.74 Å². The van der Waals surface area contributed by atoms with E-state index in [1.807, 2.05) is 13.0 Å². The van der Waals surface area contributed by atoms with Gasteiger partial charge < -0.3 is 4.74 Å². The van der Waals surface area contributed by atoms with Gasteiger partial charge in [0.15, 0.2) is 0 Å². The van der Waals surface area contributed by atoms with E-state index >= 15 is 0 Å². The highest BCUT2D eigenvalue weighted by atomic mass is 16.5. The second-order valence-corrected chi connectivity index (χ2v) is 4.78. The van der Waals surface area contributed by atoms with E-state index in [1.54, 1.807) is 0 Å². The van der Waals surface area contributed by atoms with E-state index in [1.165, 1.54) is 5.57 Å². The number of ether oxygens (including phenoxy) is 1. The molecule has 2 nitrogen and oxygen atoms in total. The molecule has 92 valence electrons. The van der Waals surface area contributed by atoms with Crippen molar-refractivity contribution in [1.29, 1.82) is 0 Å². The first-order valence-corrected chi connectivity index (χ1v) is 6.45. The smallest absolute Gasteiger partial charge is 0.338 e. The first-order valence-electron chi connectivity index (χ1n) is 6.45. The average Bonchev–Trinajstić information content (AvgIpc) is 2.61. The lowest BCUT2D eigenvalue weighted by atomic mass is 9.95. The summed E-state index contributed by atoms with van der Waals surface area (Å²) in [5, 5.41) is 0. The Kier molecular flexibility index (Phi) is 3.82. The van der Waals surface area contributed by atoms with Crippen LogP contribution in [0.1, 0.15) is 46.0 Å². The molecule has 0 spiro atoms. The van der Waals surface area contributed by atoms with E-state index in [0.29, 0.717) is 0 Å². The fraction of sp³-hybridized carbons (Fsp3) is 0.533. The molecule has 2 rings (SSSR count). The van der Waals surface area contributed by atoms with Crippen LogP contribution in [0.2, 0.25) is 0 Å². The van der Waals surface area contributed by atoms with Crippen molar-refractivity contribution in [3.8, 4) is 0 Å². The molecule has 1 saturated heterocycles. The molecule has 0 radical (unpaired) electrons. The summed E-state index contributed by atoms with van der Waals surface area (Å²) in [5.74, 6) is -0.146. The van der Waals surface area contributed by atoms with Crippen LogP contribution in [-0.4, -0.2) is 12.1 Å². The summed E-state index contributed by atoms with van der Waals surface area (Å²) in [6.45, 7) is 4.09. The fourth-order valence-corrected chi connectivity index (χ4v) is 2.52. The zero-order chi connectivity index (χ0) is 12.3.